The summed E-state index contributed by atoms with van der Waals surface area (Å²) in [5.41, 5.74) is 11.1. The van der Waals surface area contributed by atoms with Crippen molar-refractivity contribution in [3.05, 3.63) is 12.7 Å². The Labute approximate surface area is 231 Å². The molecule has 0 saturated heterocycles. The second-order valence-corrected chi connectivity index (χ2v) is 11.3. The van der Waals surface area contributed by atoms with Crippen molar-refractivity contribution in [3.63, 3.8) is 0 Å². The highest BCUT2D eigenvalue weighted by molar-refractivity contribution is 7.42. The fourth-order valence-corrected chi connectivity index (χ4v) is 4.31. The molecule has 2 aromatic heterocycles. The maximum Gasteiger partial charge on any atom is 0.461 e. The molecular formula is C25H45N7O6P+. The van der Waals surface area contributed by atoms with Crippen LogP contribution in [0.25, 0.3) is 11.2 Å². The number of nitrogens with zero attached hydrogens (tertiary/aromatic N) is 4. The van der Waals surface area contributed by atoms with Crippen LogP contribution in [-0.2, 0) is 34.9 Å². The van der Waals surface area contributed by atoms with Crippen molar-refractivity contribution in [2.24, 2.45) is 5.73 Å². The first-order chi connectivity index (χ1) is 18.3. The van der Waals surface area contributed by atoms with Crippen molar-refractivity contribution in [2.45, 2.75) is 104 Å². The molecule has 5 N–H and O–H groups in total. The van der Waals surface area contributed by atoms with Gasteiger partial charge in [-0.3, -0.25) is 4.79 Å². The minimum absolute atomic E-state index is 0.0430. The SMILES string of the molecule is CC(C)OC(=O)C(C)(C)N[P+](=O)COC(C)Cn1cnc2c(N)ncnc21.CCCCCCOC(=O)C(C)N. The van der Waals surface area contributed by atoms with Crippen molar-refractivity contribution >= 4 is 36.9 Å². The van der Waals surface area contributed by atoms with E-state index in [-0.39, 0.29) is 24.5 Å². The molecule has 220 valence electrons. The molecule has 0 fully saturated rings. The van der Waals surface area contributed by atoms with Crippen molar-refractivity contribution in [3.8, 4) is 0 Å². The number of hydrogen-bond donors (Lipinski definition) is 3. The van der Waals surface area contributed by atoms with Crippen LogP contribution in [0, 0.1) is 0 Å². The van der Waals surface area contributed by atoms with Crippen molar-refractivity contribution in [1.29, 1.82) is 0 Å². The number of ether oxygens (including phenoxy) is 3. The van der Waals surface area contributed by atoms with Gasteiger partial charge in [-0.25, -0.2) is 19.7 Å². The number of carbonyl (C=O) groups is 2. The van der Waals surface area contributed by atoms with Gasteiger partial charge >= 0.3 is 19.9 Å². The van der Waals surface area contributed by atoms with Gasteiger partial charge in [-0.05, 0) is 52.5 Å². The number of nitrogens with one attached hydrogen (secondary N) is 1. The Morgan fingerprint density at radius 2 is 1.82 bits per heavy atom. The Morgan fingerprint density at radius 3 is 2.44 bits per heavy atom. The molecule has 0 radical (unpaired) electrons. The maximum absolute atomic E-state index is 12.3. The smallest absolute Gasteiger partial charge is 0.461 e. The molecule has 2 aromatic rings. The van der Waals surface area contributed by atoms with E-state index in [0.717, 1.165) is 12.8 Å². The lowest BCUT2D eigenvalue weighted by atomic mass is 10.1. The second kappa shape index (κ2) is 17.1. The van der Waals surface area contributed by atoms with Crippen LogP contribution in [-0.4, -0.2) is 68.2 Å². The minimum atomic E-state index is -1.96. The molecule has 0 bridgehead atoms. The summed E-state index contributed by atoms with van der Waals surface area (Å²) in [5.74, 6) is -0.447. The highest BCUT2D eigenvalue weighted by Crippen LogP contribution is 2.23. The lowest BCUT2D eigenvalue weighted by molar-refractivity contribution is -0.153. The van der Waals surface area contributed by atoms with E-state index in [1.807, 2.05) is 6.92 Å². The highest BCUT2D eigenvalue weighted by Gasteiger charge is 2.38. The molecular weight excluding hydrogens is 525 g/mol. The third kappa shape index (κ3) is 12.8. The number of nitrogen functional groups attached to an aromatic ring is 1. The van der Waals surface area contributed by atoms with E-state index in [1.165, 1.54) is 19.2 Å². The first-order valence-corrected chi connectivity index (χ1v) is 14.6. The van der Waals surface area contributed by atoms with Crippen molar-refractivity contribution in [1.82, 2.24) is 24.6 Å². The zero-order valence-corrected chi connectivity index (χ0v) is 25.1. The molecule has 13 nitrogen and oxygen atoms in total. The van der Waals surface area contributed by atoms with Crippen LogP contribution < -0.4 is 16.6 Å². The Kier molecular flexibility index (Phi) is 15.0. The molecule has 39 heavy (non-hydrogen) atoms. The molecule has 0 aliphatic rings. The number of unbranched alkanes of at least 4 members (excludes halogenated alkanes) is 3. The predicted molar refractivity (Wildman–Crippen MR) is 150 cm³/mol. The Morgan fingerprint density at radius 1 is 1.13 bits per heavy atom. The number of fused-ring (bicyclic) bond motifs is 1. The van der Waals surface area contributed by atoms with Gasteiger partial charge in [0.25, 0.3) is 6.35 Å². The summed E-state index contributed by atoms with van der Waals surface area (Å²) < 4.78 is 29.7. The van der Waals surface area contributed by atoms with Gasteiger partial charge in [-0.1, -0.05) is 31.3 Å². The molecule has 0 spiro atoms. The monoisotopic (exact) mass is 570 g/mol. The number of rotatable bonds is 15. The average molecular weight is 571 g/mol. The van der Waals surface area contributed by atoms with Crippen molar-refractivity contribution < 1.29 is 28.4 Å². The molecule has 0 aromatic carbocycles. The Balaban J connectivity index is 0.000000534. The number of esters is 2. The lowest BCUT2D eigenvalue weighted by Crippen LogP contribution is -2.45. The normalized spacial score (nSPS) is 13.4. The Bertz CT molecular complexity index is 1060. The van der Waals surface area contributed by atoms with Crippen LogP contribution in [0.3, 0.4) is 0 Å². The first-order valence-electron chi connectivity index (χ1n) is 13.2. The summed E-state index contributed by atoms with van der Waals surface area (Å²) in [4.78, 5) is 35.1. The molecule has 0 aliphatic carbocycles. The van der Waals surface area contributed by atoms with Crippen LogP contribution in [0.2, 0.25) is 0 Å². The number of hydrogen-bond acceptors (Lipinski definition) is 11. The molecule has 0 aliphatic heterocycles. The van der Waals surface area contributed by atoms with Gasteiger partial charge in [-0.15, -0.1) is 0 Å². The van der Waals surface area contributed by atoms with Gasteiger partial charge < -0.3 is 30.2 Å². The third-order valence-corrected chi connectivity index (χ3v) is 6.42. The predicted octanol–water partition coefficient (Wildman–Crippen LogP) is 3.29. The number of nitrogens with two attached hydrogens (primary N) is 2. The molecule has 2 rings (SSSR count). The van der Waals surface area contributed by atoms with Crippen molar-refractivity contribution in [2.75, 3.05) is 18.7 Å². The number of aromatic nitrogens is 4. The van der Waals surface area contributed by atoms with Crippen LogP contribution in [0.1, 0.15) is 74.1 Å². The zero-order chi connectivity index (χ0) is 29.6. The molecule has 2 heterocycles. The summed E-state index contributed by atoms with van der Waals surface area (Å²) in [5, 5.41) is 2.77. The summed E-state index contributed by atoms with van der Waals surface area (Å²) in [6.45, 7) is 13.4. The maximum atomic E-state index is 12.3. The van der Waals surface area contributed by atoms with E-state index in [2.05, 4.69) is 27.0 Å². The molecule has 3 atom stereocenters. The molecule has 3 unspecified atom stereocenters. The molecule has 0 amide bonds. The topological polar surface area (TPSA) is 187 Å². The minimum Gasteiger partial charge on any atom is -0.465 e. The number of imidazole rings is 1. The number of carbonyl (C=O) groups excluding carboxylic acids is 2. The summed E-state index contributed by atoms with van der Waals surface area (Å²) in [6.07, 6.45) is 6.92. The average Bonchev–Trinajstić information content (AvgIpc) is 3.26. The standard InChI is InChI=1S/C16H26N6O4P.C9H19NO2/c1-10(2)26-15(23)16(4,5)21-27(24)9-25-11(3)6-22-8-20-12-13(17)18-7-19-14(12)22;1-3-4-5-6-7-12-9(11)8(2)10/h7-8,10-11H,6,9H2,1-5H3,(H,21,24)(H2,17,18,19);8H,3-7,10H2,1-2H3/q+1;. The molecule has 0 saturated carbocycles. The zero-order valence-electron chi connectivity index (χ0n) is 24.2. The van der Waals surface area contributed by atoms with E-state index in [9.17, 15) is 14.2 Å². The van der Waals surface area contributed by atoms with Gasteiger partial charge in [0.2, 0.25) is 0 Å². The van der Waals surface area contributed by atoms with E-state index < -0.39 is 25.5 Å². The fraction of sp³-hybridized carbons (Fsp3) is 0.720. The second-order valence-electron chi connectivity index (χ2n) is 10.0. The van der Waals surface area contributed by atoms with Crippen LogP contribution in [0.5, 0.6) is 0 Å². The third-order valence-electron chi connectivity index (χ3n) is 5.23. The molecule has 14 heteroatoms. The van der Waals surface area contributed by atoms with E-state index in [0.29, 0.717) is 30.1 Å². The van der Waals surface area contributed by atoms with E-state index >= 15 is 0 Å². The van der Waals surface area contributed by atoms with Gasteiger partial charge in [0, 0.05) is 0 Å². The van der Waals surface area contributed by atoms with Gasteiger partial charge in [0.1, 0.15) is 17.9 Å². The summed E-state index contributed by atoms with van der Waals surface area (Å²) >= 11 is 0. The largest absolute Gasteiger partial charge is 0.465 e. The lowest BCUT2D eigenvalue weighted by Gasteiger charge is -2.20. The van der Waals surface area contributed by atoms with Crippen LogP contribution >= 0.6 is 7.95 Å². The van der Waals surface area contributed by atoms with E-state index in [4.69, 9.17) is 25.7 Å². The van der Waals surface area contributed by atoms with Crippen LogP contribution in [0.4, 0.5) is 5.82 Å². The summed E-state index contributed by atoms with van der Waals surface area (Å²) in [7, 11) is -1.96. The Hall–Kier alpha value is -2.73. The summed E-state index contributed by atoms with van der Waals surface area (Å²) in [6, 6.07) is -0.490. The first kappa shape index (κ1) is 34.3. The highest BCUT2D eigenvalue weighted by atomic mass is 31.1. The van der Waals surface area contributed by atoms with Crippen LogP contribution in [0.15, 0.2) is 12.7 Å². The van der Waals surface area contributed by atoms with Gasteiger partial charge in [-0.2, -0.15) is 0 Å². The van der Waals surface area contributed by atoms with Gasteiger partial charge in [0.15, 0.2) is 17.0 Å². The van der Waals surface area contributed by atoms with Gasteiger partial charge in [0.05, 0.1) is 31.7 Å². The quantitative estimate of drug-likeness (QED) is 0.161. The van der Waals surface area contributed by atoms with E-state index in [1.54, 1.807) is 45.5 Å². The fourth-order valence-electron chi connectivity index (χ4n) is 3.14. The number of anilines is 1.